The van der Waals surface area contributed by atoms with E-state index in [0.29, 0.717) is 19.1 Å². The Labute approximate surface area is 133 Å². The number of aliphatic hydroxyl groups excluding tert-OH is 1. The van der Waals surface area contributed by atoms with Gasteiger partial charge in [0.15, 0.2) is 0 Å². The van der Waals surface area contributed by atoms with E-state index in [-0.39, 0.29) is 12.0 Å². The van der Waals surface area contributed by atoms with Gasteiger partial charge < -0.3 is 20.5 Å². The van der Waals surface area contributed by atoms with Crippen molar-refractivity contribution in [2.75, 3.05) is 26.2 Å². The van der Waals surface area contributed by atoms with Crippen molar-refractivity contribution in [3.63, 3.8) is 0 Å². The first-order valence-corrected chi connectivity index (χ1v) is 8.31. The van der Waals surface area contributed by atoms with E-state index in [1.54, 1.807) is 0 Å². The van der Waals surface area contributed by atoms with E-state index < -0.39 is 0 Å². The van der Waals surface area contributed by atoms with Gasteiger partial charge in [0.2, 0.25) is 5.88 Å². The fourth-order valence-corrected chi connectivity index (χ4v) is 2.88. The Morgan fingerprint density at radius 3 is 2.82 bits per heavy atom. The van der Waals surface area contributed by atoms with Gasteiger partial charge in [-0.1, -0.05) is 13.8 Å². The largest absolute Gasteiger partial charge is 0.478 e. The van der Waals surface area contributed by atoms with Crippen LogP contribution in [-0.4, -0.2) is 47.2 Å². The van der Waals surface area contributed by atoms with Crippen molar-refractivity contribution >= 4 is 0 Å². The number of nitrogens with zero attached hydrogens (tertiary/aromatic N) is 2. The maximum atomic E-state index is 9.84. The summed E-state index contributed by atoms with van der Waals surface area (Å²) in [5.74, 6) is 1.69. The Morgan fingerprint density at radius 2 is 2.23 bits per heavy atom. The molecule has 22 heavy (non-hydrogen) atoms. The third kappa shape index (κ3) is 4.21. The van der Waals surface area contributed by atoms with E-state index in [1.165, 1.54) is 0 Å². The van der Waals surface area contributed by atoms with Crippen molar-refractivity contribution in [3.05, 3.63) is 11.3 Å². The summed E-state index contributed by atoms with van der Waals surface area (Å²) in [6.45, 7) is 13.0. The average molecular weight is 310 g/mol. The Hall–Kier alpha value is -1.11. The molecule has 0 amide bonds. The fraction of sp³-hybridized carbons (Fsp3) is 0.812. The summed E-state index contributed by atoms with van der Waals surface area (Å²) in [6.07, 6.45) is -0.247. The second-order valence-corrected chi connectivity index (χ2v) is 6.49. The van der Waals surface area contributed by atoms with Gasteiger partial charge in [-0.15, -0.1) is 0 Å². The van der Waals surface area contributed by atoms with Crippen LogP contribution in [0.5, 0.6) is 5.88 Å². The smallest absolute Gasteiger partial charge is 0.216 e. The van der Waals surface area contributed by atoms with E-state index in [2.05, 4.69) is 29.6 Å². The first kappa shape index (κ1) is 17.2. The number of rotatable bonds is 8. The Balaban J connectivity index is 2.00. The van der Waals surface area contributed by atoms with Crippen LogP contribution in [0.3, 0.4) is 0 Å². The summed E-state index contributed by atoms with van der Waals surface area (Å²) in [7, 11) is 0. The van der Waals surface area contributed by atoms with Gasteiger partial charge in [-0.3, -0.25) is 0 Å². The minimum Gasteiger partial charge on any atom is -0.478 e. The molecule has 0 aliphatic carbocycles. The molecule has 6 nitrogen and oxygen atoms in total. The molecule has 2 atom stereocenters. The van der Waals surface area contributed by atoms with Crippen LogP contribution in [0, 0.1) is 18.8 Å². The molecule has 0 radical (unpaired) electrons. The average Bonchev–Trinajstić information content (AvgIpc) is 2.97. The van der Waals surface area contributed by atoms with Crippen molar-refractivity contribution in [1.82, 2.24) is 20.4 Å². The quantitative estimate of drug-likeness (QED) is 0.666. The third-order valence-corrected chi connectivity index (χ3v) is 4.03. The lowest BCUT2D eigenvalue weighted by Gasteiger charge is -2.15. The molecule has 1 aliphatic rings. The first-order valence-electron chi connectivity index (χ1n) is 8.31. The zero-order valence-electron chi connectivity index (χ0n) is 14.2. The molecule has 2 unspecified atom stereocenters. The number of aryl methyl sites for hydroxylation is 1. The number of hydrogen-bond acceptors (Lipinski definition) is 5. The van der Waals surface area contributed by atoms with Crippen LogP contribution in [0.25, 0.3) is 0 Å². The van der Waals surface area contributed by atoms with E-state index >= 15 is 0 Å². The van der Waals surface area contributed by atoms with Crippen molar-refractivity contribution in [2.45, 2.75) is 46.9 Å². The standard InChI is InChI=1S/C16H30N4O2/c1-5-22-16-14(12(4)19-20(16)10-11(2)3)8-17-6-13-7-18-9-15(13)21/h11,13,15,17-18,21H,5-10H2,1-4H3. The highest BCUT2D eigenvalue weighted by atomic mass is 16.5. The van der Waals surface area contributed by atoms with Crippen LogP contribution < -0.4 is 15.4 Å². The normalized spacial score (nSPS) is 21.7. The highest BCUT2D eigenvalue weighted by Crippen LogP contribution is 2.23. The van der Waals surface area contributed by atoms with Crippen molar-refractivity contribution in [2.24, 2.45) is 11.8 Å². The fourth-order valence-electron chi connectivity index (χ4n) is 2.88. The van der Waals surface area contributed by atoms with Crippen LogP contribution in [0.1, 0.15) is 32.0 Å². The van der Waals surface area contributed by atoms with E-state index in [9.17, 15) is 5.11 Å². The van der Waals surface area contributed by atoms with Gasteiger partial charge in [-0.2, -0.15) is 5.10 Å². The Morgan fingerprint density at radius 1 is 1.45 bits per heavy atom. The number of aliphatic hydroxyl groups is 1. The Kier molecular flexibility index (Phi) is 6.23. The molecule has 1 aliphatic heterocycles. The lowest BCUT2D eigenvalue weighted by molar-refractivity contribution is 0.146. The summed E-state index contributed by atoms with van der Waals surface area (Å²) in [5.41, 5.74) is 2.14. The van der Waals surface area contributed by atoms with Crippen LogP contribution >= 0.6 is 0 Å². The highest BCUT2D eigenvalue weighted by molar-refractivity contribution is 5.31. The zero-order chi connectivity index (χ0) is 16.1. The molecule has 6 heteroatoms. The van der Waals surface area contributed by atoms with Crippen LogP contribution in [-0.2, 0) is 13.1 Å². The number of β-amino-alcohol motifs (C(OH)–C–C–N with tert-alkyl or cyclic N) is 1. The lowest BCUT2D eigenvalue weighted by Crippen LogP contribution is -2.30. The topological polar surface area (TPSA) is 71.3 Å². The van der Waals surface area contributed by atoms with Crippen LogP contribution in [0.15, 0.2) is 0 Å². The minimum absolute atomic E-state index is 0.247. The van der Waals surface area contributed by atoms with Crippen LogP contribution in [0.4, 0.5) is 0 Å². The van der Waals surface area contributed by atoms with Gasteiger partial charge in [0.25, 0.3) is 0 Å². The summed E-state index contributed by atoms with van der Waals surface area (Å²) >= 11 is 0. The summed E-state index contributed by atoms with van der Waals surface area (Å²) < 4.78 is 7.81. The SMILES string of the molecule is CCOc1c(CNCC2CNCC2O)c(C)nn1CC(C)C. The van der Waals surface area contributed by atoms with Gasteiger partial charge in [-0.05, 0) is 19.8 Å². The predicted octanol–water partition coefficient (Wildman–Crippen LogP) is 0.916. The summed E-state index contributed by atoms with van der Waals surface area (Å²) in [5, 5.41) is 21.1. The van der Waals surface area contributed by atoms with Crippen molar-refractivity contribution in [3.8, 4) is 5.88 Å². The molecular weight excluding hydrogens is 280 g/mol. The van der Waals surface area contributed by atoms with Crippen LogP contribution in [0.2, 0.25) is 0 Å². The second kappa shape index (κ2) is 7.94. The zero-order valence-corrected chi connectivity index (χ0v) is 14.2. The van der Waals surface area contributed by atoms with Crippen molar-refractivity contribution in [1.29, 1.82) is 0 Å². The van der Waals surface area contributed by atoms with Crippen molar-refractivity contribution < 1.29 is 9.84 Å². The summed E-state index contributed by atoms with van der Waals surface area (Å²) in [6, 6.07) is 0. The monoisotopic (exact) mass is 310 g/mol. The van der Waals surface area contributed by atoms with Gasteiger partial charge in [0.1, 0.15) is 0 Å². The highest BCUT2D eigenvalue weighted by Gasteiger charge is 2.24. The molecule has 0 aromatic carbocycles. The molecule has 1 fully saturated rings. The molecule has 0 bridgehead atoms. The Bertz CT molecular complexity index is 473. The predicted molar refractivity (Wildman–Crippen MR) is 87.0 cm³/mol. The number of hydrogen-bond donors (Lipinski definition) is 3. The maximum absolute atomic E-state index is 9.84. The molecule has 2 rings (SSSR count). The number of aromatic nitrogens is 2. The molecule has 0 saturated carbocycles. The second-order valence-electron chi connectivity index (χ2n) is 6.49. The molecular formula is C16H30N4O2. The molecule has 1 aromatic rings. The molecule has 1 aromatic heterocycles. The van der Waals surface area contributed by atoms with E-state index in [0.717, 1.165) is 43.3 Å². The van der Waals surface area contributed by atoms with Gasteiger partial charge in [0, 0.05) is 38.6 Å². The molecule has 126 valence electrons. The number of ether oxygens (including phenoxy) is 1. The maximum Gasteiger partial charge on any atom is 0.216 e. The molecule has 0 spiro atoms. The lowest BCUT2D eigenvalue weighted by atomic mass is 10.1. The van der Waals surface area contributed by atoms with E-state index in [1.807, 2.05) is 18.5 Å². The van der Waals surface area contributed by atoms with Gasteiger partial charge in [0.05, 0.1) is 24.0 Å². The van der Waals surface area contributed by atoms with E-state index in [4.69, 9.17) is 4.74 Å². The third-order valence-electron chi connectivity index (χ3n) is 4.03. The molecule has 3 N–H and O–H groups in total. The van der Waals surface area contributed by atoms with Gasteiger partial charge in [-0.25, -0.2) is 4.68 Å². The number of nitrogens with one attached hydrogen (secondary N) is 2. The minimum atomic E-state index is -0.247. The summed E-state index contributed by atoms with van der Waals surface area (Å²) in [4.78, 5) is 0. The first-order chi connectivity index (χ1) is 10.5. The molecule has 1 saturated heterocycles. The molecule has 2 heterocycles. The van der Waals surface area contributed by atoms with Gasteiger partial charge >= 0.3 is 0 Å².